The second-order valence-corrected chi connectivity index (χ2v) is 3.26. The van der Waals surface area contributed by atoms with Crippen LogP contribution in [0.2, 0.25) is 0 Å². The van der Waals surface area contributed by atoms with E-state index in [1.807, 2.05) is 28.8 Å². The monoisotopic (exact) mass is 188 g/mol. The highest BCUT2D eigenvalue weighted by Gasteiger charge is 2.06. The molecule has 0 aliphatic rings. The Morgan fingerprint density at radius 3 is 2.64 bits per heavy atom. The van der Waals surface area contributed by atoms with Crippen LogP contribution in [0.15, 0.2) is 36.9 Å². The lowest BCUT2D eigenvalue weighted by Gasteiger charge is -2.12. The van der Waals surface area contributed by atoms with Gasteiger partial charge < -0.3 is 10.3 Å². The molecule has 0 spiro atoms. The number of nitrogen functional groups attached to an aromatic ring is 1. The highest BCUT2D eigenvalue weighted by atomic mass is 15.2. The zero-order valence-corrected chi connectivity index (χ0v) is 7.96. The summed E-state index contributed by atoms with van der Waals surface area (Å²) in [5.41, 5.74) is 7.65. The molecule has 0 saturated carbocycles. The van der Waals surface area contributed by atoms with Gasteiger partial charge in [-0.3, -0.25) is 0 Å². The maximum absolute atomic E-state index is 5.71. The molecule has 1 atom stereocenters. The second-order valence-electron chi connectivity index (χ2n) is 3.26. The van der Waals surface area contributed by atoms with Gasteiger partial charge >= 0.3 is 0 Å². The van der Waals surface area contributed by atoms with Gasteiger partial charge in [0.2, 0.25) is 0 Å². The van der Waals surface area contributed by atoms with E-state index in [2.05, 4.69) is 17.1 Å². The van der Waals surface area contributed by atoms with Gasteiger partial charge in [0.25, 0.3) is 0 Å². The molecule has 1 heterocycles. The minimum Gasteiger partial charge on any atom is -0.399 e. The molecule has 0 saturated heterocycles. The molecule has 2 aromatic rings. The third-order valence-corrected chi connectivity index (χ3v) is 2.28. The third-order valence-electron chi connectivity index (χ3n) is 2.28. The molecule has 1 aromatic carbocycles. The molecule has 4 nitrogen and oxygen atoms in total. The van der Waals surface area contributed by atoms with E-state index in [0.29, 0.717) is 0 Å². The van der Waals surface area contributed by atoms with Crippen molar-refractivity contribution in [2.75, 3.05) is 5.73 Å². The summed E-state index contributed by atoms with van der Waals surface area (Å²) in [5, 5.41) is 7.55. The normalized spacial score (nSPS) is 12.6. The van der Waals surface area contributed by atoms with E-state index in [4.69, 9.17) is 5.73 Å². The summed E-state index contributed by atoms with van der Waals surface area (Å²) >= 11 is 0. The van der Waals surface area contributed by atoms with Crippen LogP contribution in [0.5, 0.6) is 0 Å². The number of nitrogens with two attached hydrogens (primary N) is 1. The van der Waals surface area contributed by atoms with Crippen LogP contribution in [0, 0.1) is 0 Å². The summed E-state index contributed by atoms with van der Waals surface area (Å²) in [6.45, 7) is 2.08. The lowest BCUT2D eigenvalue weighted by molar-refractivity contribution is 0.636. The van der Waals surface area contributed by atoms with Crippen molar-refractivity contribution < 1.29 is 0 Å². The van der Waals surface area contributed by atoms with Crippen LogP contribution in [-0.2, 0) is 0 Å². The van der Waals surface area contributed by atoms with Crippen molar-refractivity contribution >= 4 is 5.69 Å². The molecule has 14 heavy (non-hydrogen) atoms. The molecule has 0 aliphatic heterocycles. The average molecular weight is 188 g/mol. The van der Waals surface area contributed by atoms with Crippen molar-refractivity contribution in [2.45, 2.75) is 13.0 Å². The van der Waals surface area contributed by atoms with Crippen molar-refractivity contribution in [2.24, 2.45) is 0 Å². The number of nitrogens with zero attached hydrogens (tertiary/aromatic N) is 3. The SMILES string of the molecule is CC(c1cccc(N)c1)n1cnnc1. The maximum atomic E-state index is 5.71. The lowest BCUT2D eigenvalue weighted by Crippen LogP contribution is -2.04. The predicted octanol–water partition coefficient (Wildman–Crippen LogP) is 1.47. The van der Waals surface area contributed by atoms with E-state index in [-0.39, 0.29) is 6.04 Å². The Morgan fingerprint density at radius 1 is 1.29 bits per heavy atom. The summed E-state index contributed by atoms with van der Waals surface area (Å²) in [7, 11) is 0. The second kappa shape index (κ2) is 3.49. The predicted molar refractivity (Wildman–Crippen MR) is 54.7 cm³/mol. The minimum atomic E-state index is 0.216. The van der Waals surface area contributed by atoms with Gasteiger partial charge in [0.1, 0.15) is 12.7 Å². The molecule has 1 aromatic heterocycles. The van der Waals surface area contributed by atoms with Gasteiger partial charge in [-0.05, 0) is 24.6 Å². The molecule has 0 aliphatic carbocycles. The first-order chi connectivity index (χ1) is 6.77. The van der Waals surface area contributed by atoms with Crippen molar-refractivity contribution in [3.05, 3.63) is 42.5 Å². The Kier molecular flexibility index (Phi) is 2.18. The molecular formula is C10H12N4. The molecule has 0 radical (unpaired) electrons. The van der Waals surface area contributed by atoms with Gasteiger partial charge in [-0.1, -0.05) is 12.1 Å². The van der Waals surface area contributed by atoms with E-state index in [9.17, 15) is 0 Å². The van der Waals surface area contributed by atoms with E-state index < -0.39 is 0 Å². The van der Waals surface area contributed by atoms with Gasteiger partial charge in [-0.15, -0.1) is 10.2 Å². The van der Waals surface area contributed by atoms with Crippen LogP contribution in [-0.4, -0.2) is 14.8 Å². The van der Waals surface area contributed by atoms with Crippen molar-refractivity contribution in [3.63, 3.8) is 0 Å². The Bertz CT molecular complexity index is 408. The third kappa shape index (κ3) is 1.59. The molecule has 1 unspecified atom stereocenters. The standard InChI is InChI=1S/C10H12N4/c1-8(14-6-12-13-7-14)9-3-2-4-10(11)5-9/h2-8H,11H2,1H3. The van der Waals surface area contributed by atoms with Gasteiger partial charge in [0, 0.05) is 5.69 Å². The molecule has 72 valence electrons. The van der Waals surface area contributed by atoms with Gasteiger partial charge in [0.15, 0.2) is 0 Å². The Labute approximate surface area is 82.4 Å². The first-order valence-corrected chi connectivity index (χ1v) is 4.47. The van der Waals surface area contributed by atoms with E-state index in [1.54, 1.807) is 12.7 Å². The Morgan fingerprint density at radius 2 is 2.00 bits per heavy atom. The highest BCUT2D eigenvalue weighted by molar-refractivity contribution is 5.41. The van der Waals surface area contributed by atoms with Gasteiger partial charge in [-0.25, -0.2) is 0 Å². The molecule has 4 heteroatoms. The average Bonchev–Trinajstić information content (AvgIpc) is 2.69. The first kappa shape index (κ1) is 8.74. The van der Waals surface area contributed by atoms with Crippen molar-refractivity contribution in [1.29, 1.82) is 0 Å². The molecule has 0 fully saturated rings. The largest absolute Gasteiger partial charge is 0.399 e. The zero-order chi connectivity index (χ0) is 9.97. The van der Waals surface area contributed by atoms with Crippen molar-refractivity contribution in [3.8, 4) is 0 Å². The van der Waals surface area contributed by atoms with Crippen LogP contribution in [0.1, 0.15) is 18.5 Å². The number of benzene rings is 1. The summed E-state index contributed by atoms with van der Waals surface area (Å²) in [6.07, 6.45) is 3.40. The van der Waals surface area contributed by atoms with Crippen LogP contribution >= 0.6 is 0 Å². The minimum absolute atomic E-state index is 0.216. The van der Waals surface area contributed by atoms with Crippen LogP contribution < -0.4 is 5.73 Å². The van der Waals surface area contributed by atoms with Gasteiger partial charge in [-0.2, -0.15) is 0 Å². The van der Waals surface area contributed by atoms with E-state index in [0.717, 1.165) is 11.3 Å². The molecule has 0 amide bonds. The quantitative estimate of drug-likeness (QED) is 0.726. The number of hydrogen-bond donors (Lipinski definition) is 1. The van der Waals surface area contributed by atoms with Crippen molar-refractivity contribution in [1.82, 2.24) is 14.8 Å². The smallest absolute Gasteiger partial charge is 0.119 e. The fourth-order valence-corrected chi connectivity index (χ4v) is 1.40. The van der Waals surface area contributed by atoms with E-state index >= 15 is 0 Å². The van der Waals surface area contributed by atoms with Gasteiger partial charge in [0.05, 0.1) is 6.04 Å². The maximum Gasteiger partial charge on any atom is 0.119 e. The summed E-state index contributed by atoms with van der Waals surface area (Å²) in [6, 6.07) is 8.05. The Balaban J connectivity index is 2.32. The number of rotatable bonds is 2. The number of hydrogen-bond acceptors (Lipinski definition) is 3. The summed E-state index contributed by atoms with van der Waals surface area (Å²) in [5.74, 6) is 0. The lowest BCUT2D eigenvalue weighted by atomic mass is 10.1. The molecule has 2 N–H and O–H groups in total. The topological polar surface area (TPSA) is 56.7 Å². The fourth-order valence-electron chi connectivity index (χ4n) is 1.40. The highest BCUT2D eigenvalue weighted by Crippen LogP contribution is 2.18. The summed E-state index contributed by atoms with van der Waals surface area (Å²) in [4.78, 5) is 0. The van der Waals surface area contributed by atoms with Crippen LogP contribution in [0.3, 0.4) is 0 Å². The molecular weight excluding hydrogens is 176 g/mol. The van der Waals surface area contributed by atoms with Crippen LogP contribution in [0.4, 0.5) is 5.69 Å². The van der Waals surface area contributed by atoms with E-state index in [1.165, 1.54) is 0 Å². The number of aromatic nitrogens is 3. The first-order valence-electron chi connectivity index (χ1n) is 4.47. The molecule has 0 bridgehead atoms. The Hall–Kier alpha value is -1.84. The molecule has 2 rings (SSSR count). The zero-order valence-electron chi connectivity index (χ0n) is 7.96. The van der Waals surface area contributed by atoms with Crippen LogP contribution in [0.25, 0.3) is 0 Å². The number of anilines is 1. The fraction of sp³-hybridized carbons (Fsp3) is 0.200. The summed E-state index contributed by atoms with van der Waals surface area (Å²) < 4.78 is 1.94.